The highest BCUT2D eigenvalue weighted by Gasteiger charge is 2.15. The average Bonchev–Trinajstić information content (AvgIpc) is 3.13. The predicted molar refractivity (Wildman–Crippen MR) is 107 cm³/mol. The standard InChI is InChI=1S/C19H22FN3O2.2ClH/c20-16-2-1-3-17(10-16)25-19-7-5-15(13-23-19)12-22-18(24)6-4-14-8-9-21-11-14;;/h1-3,5,7,10,13-14,21H,4,6,8-9,11-12H2,(H,22,24);2*1H. The summed E-state index contributed by atoms with van der Waals surface area (Å²) in [5, 5.41) is 6.22. The van der Waals surface area contributed by atoms with Gasteiger partial charge in [-0.1, -0.05) is 12.1 Å². The van der Waals surface area contributed by atoms with Gasteiger partial charge in [0.05, 0.1) is 0 Å². The van der Waals surface area contributed by atoms with Gasteiger partial charge in [-0.25, -0.2) is 9.37 Å². The zero-order valence-corrected chi connectivity index (χ0v) is 16.5. The molecule has 3 rings (SSSR count). The lowest BCUT2D eigenvalue weighted by Gasteiger charge is -2.09. The smallest absolute Gasteiger partial charge is 0.220 e. The monoisotopic (exact) mass is 415 g/mol. The van der Waals surface area contributed by atoms with Crippen molar-refractivity contribution in [3.8, 4) is 11.6 Å². The zero-order valence-electron chi connectivity index (χ0n) is 14.8. The number of hydrogen-bond acceptors (Lipinski definition) is 4. The molecule has 1 aliphatic rings. The largest absolute Gasteiger partial charge is 0.439 e. The van der Waals surface area contributed by atoms with Crippen LogP contribution in [0.1, 0.15) is 24.8 Å². The Balaban J connectivity index is 0.00000182. The number of nitrogens with one attached hydrogen (secondary N) is 2. The minimum Gasteiger partial charge on any atom is -0.439 e. The summed E-state index contributed by atoms with van der Waals surface area (Å²) in [5.41, 5.74) is 0.891. The van der Waals surface area contributed by atoms with Gasteiger partial charge in [0.1, 0.15) is 11.6 Å². The van der Waals surface area contributed by atoms with E-state index >= 15 is 0 Å². The lowest BCUT2D eigenvalue weighted by atomic mass is 10.0. The van der Waals surface area contributed by atoms with Crippen LogP contribution < -0.4 is 15.4 Å². The number of amides is 1. The Labute approximate surface area is 170 Å². The van der Waals surface area contributed by atoms with Gasteiger partial charge in [-0.3, -0.25) is 4.79 Å². The molecule has 148 valence electrons. The van der Waals surface area contributed by atoms with E-state index < -0.39 is 0 Å². The van der Waals surface area contributed by atoms with Gasteiger partial charge >= 0.3 is 0 Å². The van der Waals surface area contributed by atoms with Gasteiger partial charge in [-0.15, -0.1) is 24.8 Å². The van der Waals surface area contributed by atoms with Crippen molar-refractivity contribution in [2.75, 3.05) is 13.1 Å². The van der Waals surface area contributed by atoms with Crippen molar-refractivity contribution in [3.05, 3.63) is 54.0 Å². The van der Waals surface area contributed by atoms with Crippen LogP contribution in [-0.4, -0.2) is 24.0 Å². The number of rotatable bonds is 7. The van der Waals surface area contributed by atoms with Gasteiger partial charge < -0.3 is 15.4 Å². The van der Waals surface area contributed by atoms with Crippen LogP contribution in [0.2, 0.25) is 0 Å². The third kappa shape index (κ3) is 7.71. The third-order valence-corrected chi connectivity index (χ3v) is 4.25. The van der Waals surface area contributed by atoms with Crippen LogP contribution in [0.15, 0.2) is 42.6 Å². The molecule has 0 bridgehead atoms. The van der Waals surface area contributed by atoms with Crippen LogP contribution in [0.4, 0.5) is 4.39 Å². The Kier molecular flexibility index (Phi) is 10.1. The van der Waals surface area contributed by atoms with Gasteiger partial charge in [0, 0.05) is 31.3 Å². The van der Waals surface area contributed by atoms with Gasteiger partial charge in [-0.05, 0) is 49.5 Å². The normalized spacial score (nSPS) is 15.4. The van der Waals surface area contributed by atoms with Crippen molar-refractivity contribution in [1.29, 1.82) is 0 Å². The summed E-state index contributed by atoms with van der Waals surface area (Å²) in [6, 6.07) is 9.44. The second-order valence-electron chi connectivity index (χ2n) is 6.24. The van der Waals surface area contributed by atoms with Gasteiger partial charge in [-0.2, -0.15) is 0 Å². The van der Waals surface area contributed by atoms with E-state index in [0.717, 1.165) is 31.5 Å². The van der Waals surface area contributed by atoms with Crippen LogP contribution in [-0.2, 0) is 11.3 Å². The Morgan fingerprint density at radius 3 is 2.81 bits per heavy atom. The molecule has 1 saturated heterocycles. The zero-order chi connectivity index (χ0) is 17.5. The molecule has 1 aromatic heterocycles. The van der Waals surface area contributed by atoms with E-state index in [-0.39, 0.29) is 36.5 Å². The number of aromatic nitrogens is 1. The lowest BCUT2D eigenvalue weighted by molar-refractivity contribution is -0.121. The highest BCUT2D eigenvalue weighted by Crippen LogP contribution is 2.20. The number of carbonyl (C=O) groups excluding carboxylic acids is 1. The van der Waals surface area contributed by atoms with E-state index in [1.807, 2.05) is 6.07 Å². The fraction of sp³-hybridized carbons (Fsp3) is 0.368. The summed E-state index contributed by atoms with van der Waals surface area (Å²) in [4.78, 5) is 16.1. The van der Waals surface area contributed by atoms with Crippen LogP contribution >= 0.6 is 24.8 Å². The minimum absolute atomic E-state index is 0. The molecule has 27 heavy (non-hydrogen) atoms. The van der Waals surface area contributed by atoms with E-state index in [4.69, 9.17) is 4.74 Å². The first-order chi connectivity index (χ1) is 12.2. The van der Waals surface area contributed by atoms with Gasteiger partial charge in [0.25, 0.3) is 0 Å². The molecule has 8 heteroatoms. The van der Waals surface area contributed by atoms with Crippen LogP contribution in [0, 0.1) is 11.7 Å². The number of halogens is 3. The van der Waals surface area contributed by atoms with Gasteiger partial charge in [0.15, 0.2) is 0 Å². The SMILES string of the molecule is Cl.Cl.O=C(CCC1CCNC1)NCc1ccc(Oc2cccc(F)c2)nc1. The molecule has 1 fully saturated rings. The third-order valence-electron chi connectivity index (χ3n) is 4.25. The summed E-state index contributed by atoms with van der Waals surface area (Å²) in [6.07, 6.45) is 4.29. The molecule has 0 spiro atoms. The molecule has 5 nitrogen and oxygen atoms in total. The lowest BCUT2D eigenvalue weighted by Crippen LogP contribution is -2.23. The fourth-order valence-corrected chi connectivity index (χ4v) is 2.81. The second kappa shape index (κ2) is 11.7. The topological polar surface area (TPSA) is 63.2 Å². The maximum Gasteiger partial charge on any atom is 0.220 e. The number of benzene rings is 1. The van der Waals surface area contributed by atoms with E-state index in [2.05, 4.69) is 15.6 Å². The van der Waals surface area contributed by atoms with E-state index in [1.165, 1.54) is 12.1 Å². The number of carbonyl (C=O) groups is 1. The number of pyridine rings is 1. The van der Waals surface area contributed by atoms with Crippen molar-refractivity contribution in [1.82, 2.24) is 15.6 Å². The number of hydrogen-bond donors (Lipinski definition) is 2. The Bertz CT molecular complexity index is 710. The highest BCUT2D eigenvalue weighted by molar-refractivity contribution is 5.85. The Morgan fingerprint density at radius 1 is 1.30 bits per heavy atom. The first kappa shape index (κ1) is 23.1. The summed E-state index contributed by atoms with van der Waals surface area (Å²) in [6.45, 7) is 2.51. The predicted octanol–water partition coefficient (Wildman–Crippen LogP) is 3.86. The van der Waals surface area contributed by atoms with Crippen molar-refractivity contribution in [2.24, 2.45) is 5.92 Å². The molecular formula is C19H24Cl2FN3O2. The first-order valence-corrected chi connectivity index (χ1v) is 8.55. The van der Waals surface area contributed by atoms with Crippen molar-refractivity contribution in [3.63, 3.8) is 0 Å². The molecule has 1 atom stereocenters. The van der Waals surface area contributed by atoms with Crippen LogP contribution in [0.5, 0.6) is 11.6 Å². The summed E-state index contributed by atoms with van der Waals surface area (Å²) in [5.74, 6) is 1.10. The molecule has 1 aliphatic heterocycles. The maximum atomic E-state index is 13.1. The number of ether oxygens (including phenoxy) is 1. The molecule has 1 aromatic carbocycles. The van der Waals surface area contributed by atoms with Crippen LogP contribution in [0.25, 0.3) is 0 Å². The molecule has 2 aromatic rings. The second-order valence-corrected chi connectivity index (χ2v) is 6.24. The fourth-order valence-electron chi connectivity index (χ4n) is 2.81. The molecular weight excluding hydrogens is 392 g/mol. The van der Waals surface area contributed by atoms with E-state index in [0.29, 0.717) is 30.5 Å². The minimum atomic E-state index is -0.356. The van der Waals surface area contributed by atoms with E-state index in [9.17, 15) is 9.18 Å². The molecule has 1 unspecified atom stereocenters. The van der Waals surface area contributed by atoms with E-state index in [1.54, 1.807) is 24.4 Å². The molecule has 1 amide bonds. The molecule has 0 radical (unpaired) electrons. The molecule has 0 aliphatic carbocycles. The first-order valence-electron chi connectivity index (χ1n) is 8.55. The molecule has 0 saturated carbocycles. The summed E-state index contributed by atoms with van der Waals surface area (Å²) in [7, 11) is 0. The van der Waals surface area contributed by atoms with Crippen molar-refractivity contribution < 1.29 is 13.9 Å². The van der Waals surface area contributed by atoms with Gasteiger partial charge in [0.2, 0.25) is 11.8 Å². The molecule has 2 heterocycles. The number of nitrogens with zero attached hydrogens (tertiary/aromatic N) is 1. The van der Waals surface area contributed by atoms with Crippen LogP contribution in [0.3, 0.4) is 0 Å². The Hall–Kier alpha value is -1.89. The maximum absolute atomic E-state index is 13.1. The highest BCUT2D eigenvalue weighted by atomic mass is 35.5. The summed E-state index contributed by atoms with van der Waals surface area (Å²) < 4.78 is 18.6. The Morgan fingerprint density at radius 2 is 2.15 bits per heavy atom. The molecule has 2 N–H and O–H groups in total. The van der Waals surface area contributed by atoms with Crippen molar-refractivity contribution in [2.45, 2.75) is 25.8 Å². The average molecular weight is 416 g/mol. The van der Waals surface area contributed by atoms with Crippen molar-refractivity contribution >= 4 is 30.7 Å². The summed E-state index contributed by atoms with van der Waals surface area (Å²) >= 11 is 0. The quantitative estimate of drug-likeness (QED) is 0.720.